The summed E-state index contributed by atoms with van der Waals surface area (Å²) in [6.45, 7) is 3.10. The van der Waals surface area contributed by atoms with Gasteiger partial charge in [0.15, 0.2) is 0 Å². The van der Waals surface area contributed by atoms with Crippen molar-refractivity contribution in [3.63, 3.8) is 0 Å². The van der Waals surface area contributed by atoms with Gasteiger partial charge in [-0.1, -0.05) is 41.9 Å². The number of carbonyl (C=O) groups is 1. The molecule has 1 fully saturated rings. The number of rotatable bonds is 6. The molecule has 4 aromatic rings. The summed E-state index contributed by atoms with van der Waals surface area (Å²) >= 11 is 7.42. The van der Waals surface area contributed by atoms with Crippen molar-refractivity contribution in [2.75, 3.05) is 41.6 Å². The minimum absolute atomic E-state index is 0.0200. The molecule has 0 bridgehead atoms. The summed E-state index contributed by atoms with van der Waals surface area (Å²) in [5.74, 6) is 0.0200. The molecule has 1 amide bonds. The largest absolute Gasteiger partial charge is 0.368 e. The fourth-order valence-corrected chi connectivity index (χ4v) is 6.43. The molecular weight excluding hydrogens is 514 g/mol. The van der Waals surface area contributed by atoms with E-state index in [0.717, 1.165) is 28.7 Å². The Bertz CT molecular complexity index is 1480. The van der Waals surface area contributed by atoms with Crippen molar-refractivity contribution in [1.82, 2.24) is 4.90 Å². The highest BCUT2D eigenvalue weighted by molar-refractivity contribution is 7.92. The van der Waals surface area contributed by atoms with Crippen LogP contribution in [0.3, 0.4) is 0 Å². The van der Waals surface area contributed by atoms with Crippen LogP contribution in [0.25, 0.3) is 10.1 Å². The fraction of sp³-hybridized carbons (Fsp3) is 0.222. The van der Waals surface area contributed by atoms with E-state index in [1.54, 1.807) is 18.2 Å². The standard InChI is InChI=1S/C27H26ClN3O3S2/c1-36(33,34)31(19-20-7-9-22(28)10-8-20)24-11-12-25-21(17-24)18-26(35-25)27(32)30-15-13-29(14-16-30)23-5-3-2-4-6-23/h2-12,17-18H,13-16,19H2,1H3. The van der Waals surface area contributed by atoms with Crippen LogP contribution in [0.4, 0.5) is 11.4 Å². The van der Waals surface area contributed by atoms with Crippen LogP contribution in [0.2, 0.25) is 5.02 Å². The van der Waals surface area contributed by atoms with Gasteiger partial charge in [-0.05, 0) is 59.5 Å². The van der Waals surface area contributed by atoms with Gasteiger partial charge in [-0.25, -0.2) is 8.42 Å². The Kier molecular flexibility index (Phi) is 6.92. The highest BCUT2D eigenvalue weighted by Gasteiger charge is 2.24. The van der Waals surface area contributed by atoms with Crippen molar-refractivity contribution in [3.05, 3.63) is 94.3 Å². The first kappa shape index (κ1) is 24.6. The zero-order valence-corrected chi connectivity index (χ0v) is 22.2. The van der Waals surface area contributed by atoms with E-state index in [0.29, 0.717) is 28.7 Å². The van der Waals surface area contributed by atoms with Crippen LogP contribution in [-0.2, 0) is 16.6 Å². The summed E-state index contributed by atoms with van der Waals surface area (Å²) in [4.78, 5) is 18.1. The molecule has 6 nitrogen and oxygen atoms in total. The fourth-order valence-electron chi connectivity index (χ4n) is 4.41. The Morgan fingerprint density at radius 3 is 2.31 bits per heavy atom. The minimum atomic E-state index is -3.53. The number of hydrogen-bond donors (Lipinski definition) is 0. The quantitative estimate of drug-likeness (QED) is 0.325. The molecule has 0 radical (unpaired) electrons. The van der Waals surface area contributed by atoms with Crippen LogP contribution in [-0.4, -0.2) is 51.7 Å². The lowest BCUT2D eigenvalue weighted by atomic mass is 10.2. The number of sulfonamides is 1. The summed E-state index contributed by atoms with van der Waals surface area (Å²) in [6, 6.07) is 24.8. The van der Waals surface area contributed by atoms with Gasteiger partial charge in [0.25, 0.3) is 5.91 Å². The van der Waals surface area contributed by atoms with Crippen LogP contribution in [0.15, 0.2) is 78.9 Å². The predicted octanol–water partition coefficient (Wildman–Crippen LogP) is 5.48. The molecule has 2 heterocycles. The lowest BCUT2D eigenvalue weighted by molar-refractivity contribution is 0.0751. The first-order valence-corrected chi connectivity index (χ1v) is 14.7. The number of halogens is 1. The zero-order valence-electron chi connectivity index (χ0n) is 19.8. The summed E-state index contributed by atoms with van der Waals surface area (Å²) in [5, 5.41) is 1.46. The first-order chi connectivity index (χ1) is 17.3. The van der Waals surface area contributed by atoms with Crippen molar-refractivity contribution in [2.45, 2.75) is 6.54 Å². The average molecular weight is 540 g/mol. The summed E-state index contributed by atoms with van der Waals surface area (Å²) < 4.78 is 27.6. The summed E-state index contributed by atoms with van der Waals surface area (Å²) in [5.41, 5.74) is 2.57. The molecule has 36 heavy (non-hydrogen) atoms. The van der Waals surface area contributed by atoms with Crippen molar-refractivity contribution in [1.29, 1.82) is 0 Å². The average Bonchev–Trinajstić information content (AvgIpc) is 3.31. The highest BCUT2D eigenvalue weighted by atomic mass is 35.5. The number of nitrogens with zero attached hydrogens (tertiary/aromatic N) is 3. The van der Waals surface area contributed by atoms with E-state index in [4.69, 9.17) is 11.6 Å². The molecule has 0 aliphatic carbocycles. The van der Waals surface area contributed by atoms with E-state index in [9.17, 15) is 13.2 Å². The molecule has 3 aromatic carbocycles. The molecule has 5 rings (SSSR count). The lowest BCUT2D eigenvalue weighted by Gasteiger charge is -2.35. The van der Waals surface area contributed by atoms with Crippen LogP contribution in [0.5, 0.6) is 0 Å². The molecule has 1 aliphatic rings. The Labute approximate surface area is 220 Å². The van der Waals surface area contributed by atoms with Crippen LogP contribution in [0, 0.1) is 0 Å². The molecule has 0 N–H and O–H groups in total. The van der Waals surface area contributed by atoms with Crippen LogP contribution >= 0.6 is 22.9 Å². The molecule has 186 valence electrons. The second-order valence-electron chi connectivity index (χ2n) is 8.84. The van der Waals surface area contributed by atoms with Crippen LogP contribution < -0.4 is 9.21 Å². The maximum Gasteiger partial charge on any atom is 0.264 e. The summed E-state index contributed by atoms with van der Waals surface area (Å²) in [7, 11) is -3.53. The topological polar surface area (TPSA) is 60.9 Å². The number of thiophene rings is 1. The lowest BCUT2D eigenvalue weighted by Crippen LogP contribution is -2.48. The maximum absolute atomic E-state index is 13.3. The van der Waals surface area contributed by atoms with E-state index in [-0.39, 0.29) is 12.5 Å². The number of piperazine rings is 1. The molecular formula is C27H26ClN3O3S2. The molecule has 0 saturated carbocycles. The van der Waals surface area contributed by atoms with Gasteiger partial charge in [0, 0.05) is 41.6 Å². The van der Waals surface area contributed by atoms with Gasteiger partial charge in [-0.15, -0.1) is 11.3 Å². The molecule has 0 spiro atoms. The third kappa shape index (κ3) is 5.36. The van der Waals surface area contributed by atoms with Crippen molar-refractivity contribution in [3.8, 4) is 0 Å². The second-order valence-corrected chi connectivity index (χ2v) is 12.3. The molecule has 1 saturated heterocycles. The second kappa shape index (κ2) is 10.1. The van der Waals surface area contributed by atoms with Crippen molar-refractivity contribution >= 4 is 60.3 Å². The number of hydrogen-bond acceptors (Lipinski definition) is 5. The Hall–Kier alpha value is -3.07. The molecule has 1 aliphatic heterocycles. The molecule has 0 unspecified atom stereocenters. The molecule has 0 atom stereocenters. The number of benzene rings is 3. The third-order valence-electron chi connectivity index (χ3n) is 6.33. The third-order valence-corrected chi connectivity index (χ3v) is 8.82. The van der Waals surface area contributed by atoms with Gasteiger partial charge < -0.3 is 9.80 Å². The normalized spacial score (nSPS) is 14.3. The Balaban J connectivity index is 1.34. The van der Waals surface area contributed by atoms with Gasteiger partial charge in [0.1, 0.15) is 0 Å². The van der Waals surface area contributed by atoms with Crippen LogP contribution in [0.1, 0.15) is 15.2 Å². The van der Waals surface area contributed by atoms with Gasteiger partial charge in [0.05, 0.1) is 23.4 Å². The SMILES string of the molecule is CS(=O)(=O)N(Cc1ccc(Cl)cc1)c1ccc2sc(C(=O)N3CCN(c4ccccc4)CC3)cc2c1. The van der Waals surface area contributed by atoms with E-state index in [2.05, 4.69) is 17.0 Å². The number of fused-ring (bicyclic) bond motifs is 1. The number of para-hydroxylation sites is 1. The van der Waals surface area contributed by atoms with Gasteiger partial charge in [-0.3, -0.25) is 9.10 Å². The smallest absolute Gasteiger partial charge is 0.264 e. The van der Waals surface area contributed by atoms with E-state index in [1.165, 1.54) is 27.6 Å². The summed E-state index contributed by atoms with van der Waals surface area (Å²) in [6.07, 6.45) is 1.20. The van der Waals surface area contributed by atoms with Gasteiger partial charge in [-0.2, -0.15) is 0 Å². The Morgan fingerprint density at radius 1 is 0.944 bits per heavy atom. The molecule has 1 aromatic heterocycles. The van der Waals surface area contributed by atoms with Crippen molar-refractivity contribution in [2.24, 2.45) is 0 Å². The minimum Gasteiger partial charge on any atom is -0.368 e. The van der Waals surface area contributed by atoms with Gasteiger partial charge in [0.2, 0.25) is 10.0 Å². The molecule has 9 heteroatoms. The Morgan fingerprint density at radius 2 is 1.64 bits per heavy atom. The number of carbonyl (C=O) groups excluding carboxylic acids is 1. The number of amides is 1. The predicted molar refractivity (Wildman–Crippen MR) is 149 cm³/mol. The van der Waals surface area contributed by atoms with Crippen molar-refractivity contribution < 1.29 is 13.2 Å². The monoisotopic (exact) mass is 539 g/mol. The van der Waals surface area contributed by atoms with E-state index in [1.807, 2.05) is 53.4 Å². The highest BCUT2D eigenvalue weighted by Crippen LogP contribution is 2.32. The van der Waals surface area contributed by atoms with E-state index >= 15 is 0 Å². The first-order valence-electron chi connectivity index (χ1n) is 11.6. The van der Waals surface area contributed by atoms with Gasteiger partial charge >= 0.3 is 0 Å². The number of anilines is 2. The maximum atomic E-state index is 13.3. The van der Waals surface area contributed by atoms with E-state index < -0.39 is 10.0 Å². The zero-order chi connectivity index (χ0) is 25.3.